The van der Waals surface area contributed by atoms with E-state index >= 15 is 0 Å². The molecule has 6 heteroatoms. The van der Waals surface area contributed by atoms with E-state index in [0.717, 1.165) is 38.8 Å². The van der Waals surface area contributed by atoms with Gasteiger partial charge >= 0.3 is 0 Å². The Labute approximate surface area is 148 Å². The monoisotopic (exact) mass is 349 g/mol. The molecule has 0 bridgehead atoms. The summed E-state index contributed by atoms with van der Waals surface area (Å²) in [6.07, 6.45) is 7.74. The first-order valence-electron chi connectivity index (χ1n) is 8.85. The number of halogens is 1. The molecule has 2 fully saturated rings. The van der Waals surface area contributed by atoms with Gasteiger partial charge < -0.3 is 9.80 Å². The van der Waals surface area contributed by atoms with Crippen LogP contribution >= 0.6 is 11.6 Å². The zero-order valence-electron chi connectivity index (χ0n) is 13.9. The Morgan fingerprint density at radius 1 is 1.00 bits per heavy atom. The highest BCUT2D eigenvalue weighted by molar-refractivity contribution is 6.29. The molecule has 0 spiro atoms. The fourth-order valence-corrected chi connectivity index (χ4v) is 3.77. The third kappa shape index (κ3) is 4.07. The first kappa shape index (κ1) is 17.2. The summed E-state index contributed by atoms with van der Waals surface area (Å²) in [7, 11) is 0. The predicted molar refractivity (Wildman–Crippen MR) is 92.9 cm³/mol. The van der Waals surface area contributed by atoms with Crippen LogP contribution in [0.5, 0.6) is 0 Å². The van der Waals surface area contributed by atoms with Crippen LogP contribution in [-0.4, -0.2) is 52.8 Å². The lowest BCUT2D eigenvalue weighted by atomic mass is 9.94. The summed E-state index contributed by atoms with van der Waals surface area (Å²) < 4.78 is 0. The van der Waals surface area contributed by atoms with E-state index in [1.54, 1.807) is 18.3 Å². The van der Waals surface area contributed by atoms with Gasteiger partial charge in [0.15, 0.2) is 0 Å². The number of amides is 2. The van der Waals surface area contributed by atoms with E-state index in [2.05, 4.69) is 4.98 Å². The summed E-state index contributed by atoms with van der Waals surface area (Å²) in [6, 6.07) is 3.28. The summed E-state index contributed by atoms with van der Waals surface area (Å²) >= 11 is 5.86. The van der Waals surface area contributed by atoms with Crippen LogP contribution in [-0.2, 0) is 4.79 Å². The van der Waals surface area contributed by atoms with E-state index in [0.29, 0.717) is 23.8 Å². The Balaban J connectivity index is 1.55. The van der Waals surface area contributed by atoms with Crippen LogP contribution in [0.3, 0.4) is 0 Å². The Kier molecular flexibility index (Phi) is 5.72. The maximum Gasteiger partial charge on any atom is 0.254 e. The summed E-state index contributed by atoms with van der Waals surface area (Å²) in [5.74, 6) is 0.323. The quantitative estimate of drug-likeness (QED) is 0.771. The minimum atomic E-state index is -0.0278. The number of rotatable bonds is 2. The van der Waals surface area contributed by atoms with Crippen LogP contribution < -0.4 is 0 Å². The average molecular weight is 350 g/mol. The van der Waals surface area contributed by atoms with Gasteiger partial charge in [-0.25, -0.2) is 4.98 Å². The molecular formula is C18H24ClN3O2. The van der Waals surface area contributed by atoms with Gasteiger partial charge in [-0.05, 0) is 37.8 Å². The number of nitrogens with zero attached hydrogens (tertiary/aromatic N) is 3. The molecular weight excluding hydrogens is 326 g/mol. The topological polar surface area (TPSA) is 53.5 Å². The van der Waals surface area contributed by atoms with Gasteiger partial charge in [0.2, 0.25) is 5.91 Å². The molecule has 5 nitrogen and oxygen atoms in total. The van der Waals surface area contributed by atoms with Crippen molar-refractivity contribution in [2.45, 2.75) is 38.5 Å². The van der Waals surface area contributed by atoms with E-state index < -0.39 is 0 Å². The minimum Gasteiger partial charge on any atom is -0.342 e. The van der Waals surface area contributed by atoms with Gasteiger partial charge in [0.25, 0.3) is 5.91 Å². The Morgan fingerprint density at radius 2 is 1.67 bits per heavy atom. The van der Waals surface area contributed by atoms with Crippen molar-refractivity contribution >= 4 is 23.4 Å². The number of hydrogen-bond donors (Lipinski definition) is 0. The van der Waals surface area contributed by atoms with E-state index in [1.165, 1.54) is 12.8 Å². The van der Waals surface area contributed by atoms with Gasteiger partial charge in [-0.1, -0.05) is 24.4 Å². The van der Waals surface area contributed by atoms with Crippen molar-refractivity contribution in [3.8, 4) is 0 Å². The number of aromatic nitrogens is 1. The van der Waals surface area contributed by atoms with Crippen LogP contribution in [0.25, 0.3) is 0 Å². The van der Waals surface area contributed by atoms with Crippen molar-refractivity contribution in [1.82, 2.24) is 14.8 Å². The van der Waals surface area contributed by atoms with E-state index in [9.17, 15) is 9.59 Å². The van der Waals surface area contributed by atoms with Crippen molar-refractivity contribution in [2.75, 3.05) is 26.2 Å². The molecule has 2 saturated heterocycles. The summed E-state index contributed by atoms with van der Waals surface area (Å²) in [5, 5.41) is 0.326. The molecule has 0 saturated carbocycles. The van der Waals surface area contributed by atoms with Crippen molar-refractivity contribution in [3.05, 3.63) is 29.0 Å². The maximum atomic E-state index is 12.7. The predicted octanol–water partition coefficient (Wildman–Crippen LogP) is 2.99. The van der Waals surface area contributed by atoms with Crippen LogP contribution in [0.15, 0.2) is 18.3 Å². The summed E-state index contributed by atoms with van der Waals surface area (Å²) in [6.45, 7) is 3.05. The van der Waals surface area contributed by atoms with E-state index in [1.807, 2.05) is 9.80 Å². The highest BCUT2D eigenvalue weighted by Gasteiger charge is 2.30. The Bertz CT molecular complexity index is 592. The largest absolute Gasteiger partial charge is 0.342 e. The zero-order valence-corrected chi connectivity index (χ0v) is 14.7. The van der Waals surface area contributed by atoms with Crippen molar-refractivity contribution in [2.24, 2.45) is 5.92 Å². The fourth-order valence-electron chi connectivity index (χ4n) is 3.60. The lowest BCUT2D eigenvalue weighted by molar-refractivity contribution is -0.136. The molecule has 0 aromatic carbocycles. The number of hydrogen-bond acceptors (Lipinski definition) is 3. The highest BCUT2D eigenvalue weighted by atomic mass is 35.5. The Hall–Kier alpha value is -1.62. The van der Waals surface area contributed by atoms with Crippen molar-refractivity contribution in [1.29, 1.82) is 0 Å². The molecule has 1 aromatic heterocycles. The van der Waals surface area contributed by atoms with Gasteiger partial charge in [0, 0.05) is 43.9 Å². The number of piperidine rings is 1. The summed E-state index contributed by atoms with van der Waals surface area (Å²) in [5.41, 5.74) is 0.562. The van der Waals surface area contributed by atoms with Crippen LogP contribution in [0.4, 0.5) is 0 Å². The number of carbonyl (C=O) groups excluding carboxylic acids is 2. The second kappa shape index (κ2) is 7.97. The first-order valence-corrected chi connectivity index (χ1v) is 9.22. The van der Waals surface area contributed by atoms with Gasteiger partial charge in [-0.2, -0.15) is 0 Å². The molecule has 0 aliphatic carbocycles. The Morgan fingerprint density at radius 3 is 2.29 bits per heavy atom. The van der Waals surface area contributed by atoms with Gasteiger partial charge in [0.1, 0.15) is 5.15 Å². The third-order valence-electron chi connectivity index (χ3n) is 5.02. The first-order chi connectivity index (χ1) is 11.6. The average Bonchev–Trinajstić information content (AvgIpc) is 2.90. The summed E-state index contributed by atoms with van der Waals surface area (Å²) in [4.78, 5) is 33.0. The highest BCUT2D eigenvalue weighted by Crippen LogP contribution is 2.23. The standard InChI is InChI=1S/C18H24ClN3O2/c19-16-13-15(5-8-20-16)18(24)22-11-6-14(7-12-22)17(23)21-9-3-1-2-4-10-21/h5,8,13-14H,1-4,6-7,9-12H2. The molecule has 130 valence electrons. The van der Waals surface area contributed by atoms with Crippen molar-refractivity contribution in [3.63, 3.8) is 0 Å². The molecule has 0 N–H and O–H groups in total. The smallest absolute Gasteiger partial charge is 0.254 e. The van der Waals surface area contributed by atoms with E-state index in [-0.39, 0.29) is 17.7 Å². The van der Waals surface area contributed by atoms with Crippen LogP contribution in [0.2, 0.25) is 5.15 Å². The van der Waals surface area contributed by atoms with E-state index in [4.69, 9.17) is 11.6 Å². The zero-order chi connectivity index (χ0) is 16.9. The molecule has 0 radical (unpaired) electrons. The number of likely N-dealkylation sites (tertiary alicyclic amines) is 2. The number of carbonyl (C=O) groups is 2. The number of pyridine rings is 1. The molecule has 2 amide bonds. The molecule has 24 heavy (non-hydrogen) atoms. The molecule has 3 rings (SSSR count). The third-order valence-corrected chi connectivity index (χ3v) is 5.23. The van der Waals surface area contributed by atoms with Crippen LogP contribution in [0, 0.1) is 5.92 Å². The normalized spacial score (nSPS) is 19.9. The maximum absolute atomic E-state index is 12.7. The SMILES string of the molecule is O=C(c1ccnc(Cl)c1)N1CCC(C(=O)N2CCCCCC2)CC1. The fraction of sp³-hybridized carbons (Fsp3) is 0.611. The molecule has 3 heterocycles. The molecule has 2 aliphatic rings. The van der Waals surface area contributed by atoms with Crippen LogP contribution in [0.1, 0.15) is 48.9 Å². The second-order valence-corrected chi connectivity index (χ2v) is 7.06. The van der Waals surface area contributed by atoms with Gasteiger partial charge in [0.05, 0.1) is 0 Å². The lowest BCUT2D eigenvalue weighted by Crippen LogP contribution is -2.44. The van der Waals surface area contributed by atoms with Gasteiger partial charge in [-0.3, -0.25) is 9.59 Å². The molecule has 2 aliphatic heterocycles. The van der Waals surface area contributed by atoms with Gasteiger partial charge in [-0.15, -0.1) is 0 Å². The molecule has 0 atom stereocenters. The second-order valence-electron chi connectivity index (χ2n) is 6.67. The minimum absolute atomic E-state index is 0.0278. The van der Waals surface area contributed by atoms with Crippen molar-refractivity contribution < 1.29 is 9.59 Å². The molecule has 0 unspecified atom stereocenters. The lowest BCUT2D eigenvalue weighted by Gasteiger charge is -2.34. The molecule has 1 aromatic rings.